The topological polar surface area (TPSA) is 44.8 Å². The van der Waals surface area contributed by atoms with Crippen LogP contribution in [-0.4, -0.2) is 25.5 Å². The zero-order valence-electron chi connectivity index (χ0n) is 14.8. The van der Waals surface area contributed by atoms with Gasteiger partial charge in [-0.1, -0.05) is 69.7 Å². The Kier molecular flexibility index (Phi) is 8.67. The number of carbonyl (C=O) groups is 1. The van der Waals surface area contributed by atoms with Crippen molar-refractivity contribution in [3.8, 4) is 0 Å². The fourth-order valence-electron chi connectivity index (χ4n) is 2.84. The van der Waals surface area contributed by atoms with Crippen LogP contribution in [0.25, 0.3) is 0 Å². The second-order valence-electron chi connectivity index (χ2n) is 6.50. The Labute approximate surface area is 145 Å². The fourth-order valence-corrected chi connectivity index (χ4v) is 2.84. The summed E-state index contributed by atoms with van der Waals surface area (Å²) in [7, 11) is 0. The number of rotatable bonds is 12. The third-order valence-corrected chi connectivity index (χ3v) is 4.31. The molecule has 4 nitrogen and oxygen atoms in total. The van der Waals surface area contributed by atoms with Crippen molar-refractivity contribution in [1.29, 1.82) is 0 Å². The molecule has 0 aromatic heterocycles. The highest BCUT2D eigenvalue weighted by molar-refractivity contribution is 5.61. The van der Waals surface area contributed by atoms with Crippen LogP contribution < -0.4 is 0 Å². The Balaban J connectivity index is 1.54. The highest BCUT2D eigenvalue weighted by atomic mass is 16.8. The Morgan fingerprint density at radius 3 is 2.33 bits per heavy atom. The largest absolute Gasteiger partial charge is 0.508 e. The smallest absolute Gasteiger partial charge is 0.430 e. The molecular weight excluding hydrogens is 304 g/mol. The van der Waals surface area contributed by atoms with Crippen LogP contribution in [0.1, 0.15) is 63.0 Å². The molecule has 0 N–H and O–H groups in total. The number of benzene rings is 1. The van der Waals surface area contributed by atoms with Gasteiger partial charge in [0.2, 0.25) is 0 Å². The molecule has 1 aliphatic rings. The summed E-state index contributed by atoms with van der Waals surface area (Å²) in [4.78, 5) is 10.8. The highest BCUT2D eigenvalue weighted by Crippen LogP contribution is 2.13. The maximum atomic E-state index is 10.8. The first-order valence-electron chi connectivity index (χ1n) is 9.27. The van der Waals surface area contributed by atoms with Gasteiger partial charge in [0.1, 0.15) is 6.61 Å². The summed E-state index contributed by atoms with van der Waals surface area (Å²) < 4.78 is 15.2. The van der Waals surface area contributed by atoms with Gasteiger partial charge in [0, 0.05) is 0 Å². The number of hydrogen-bond donors (Lipinski definition) is 0. The van der Waals surface area contributed by atoms with Gasteiger partial charge >= 0.3 is 6.16 Å². The quantitative estimate of drug-likeness (QED) is 0.397. The lowest BCUT2D eigenvalue weighted by molar-refractivity contribution is 0.0381. The van der Waals surface area contributed by atoms with Crippen LogP contribution in [-0.2, 0) is 27.2 Å². The molecule has 24 heavy (non-hydrogen) atoms. The summed E-state index contributed by atoms with van der Waals surface area (Å²) in [6, 6.07) is 8.62. The second kappa shape index (κ2) is 11.1. The fraction of sp³-hybridized carbons (Fsp3) is 0.650. The van der Waals surface area contributed by atoms with E-state index >= 15 is 0 Å². The first-order chi connectivity index (χ1) is 11.8. The molecule has 0 spiro atoms. The van der Waals surface area contributed by atoms with Crippen LogP contribution in [0.4, 0.5) is 4.79 Å². The van der Waals surface area contributed by atoms with E-state index in [1.54, 1.807) is 0 Å². The minimum Gasteiger partial charge on any atom is -0.430 e. The second-order valence-corrected chi connectivity index (χ2v) is 6.50. The molecule has 1 aliphatic heterocycles. The lowest BCUT2D eigenvalue weighted by atomic mass is 10.0. The van der Waals surface area contributed by atoms with Gasteiger partial charge in [-0.2, -0.15) is 0 Å². The van der Waals surface area contributed by atoms with Gasteiger partial charge in [0.15, 0.2) is 6.10 Å². The van der Waals surface area contributed by atoms with Crippen molar-refractivity contribution >= 4 is 6.16 Å². The third kappa shape index (κ3) is 7.35. The van der Waals surface area contributed by atoms with Gasteiger partial charge in [-0.05, 0) is 24.0 Å². The number of unbranched alkanes of at least 4 members (excludes halogenated alkanes) is 6. The SMILES string of the molecule is CCCCCCCCCc1ccc(COCC2COC(=O)O2)cc1. The minimum absolute atomic E-state index is 0.269. The maximum absolute atomic E-state index is 10.8. The highest BCUT2D eigenvalue weighted by Gasteiger charge is 2.24. The zero-order chi connectivity index (χ0) is 17.0. The standard InChI is InChI=1S/C20H30O4/c1-2-3-4-5-6-7-8-9-17-10-12-18(13-11-17)14-22-15-19-16-23-20(21)24-19/h10-13,19H,2-9,14-16H2,1H3. The van der Waals surface area contributed by atoms with E-state index < -0.39 is 6.16 Å². The van der Waals surface area contributed by atoms with Crippen LogP contribution in [0.15, 0.2) is 24.3 Å². The van der Waals surface area contributed by atoms with Crippen molar-refractivity contribution in [2.24, 2.45) is 0 Å². The molecule has 0 aliphatic carbocycles. The van der Waals surface area contributed by atoms with Crippen molar-refractivity contribution in [2.75, 3.05) is 13.2 Å². The Bertz CT molecular complexity index is 469. The van der Waals surface area contributed by atoms with E-state index in [-0.39, 0.29) is 12.7 Å². The first kappa shape index (κ1) is 18.8. The molecule has 1 aromatic rings. The Hall–Kier alpha value is -1.55. The lowest BCUT2D eigenvalue weighted by Gasteiger charge is -2.08. The lowest BCUT2D eigenvalue weighted by Crippen LogP contribution is -2.17. The Morgan fingerprint density at radius 2 is 1.67 bits per heavy atom. The number of carbonyl (C=O) groups excluding carboxylic acids is 1. The van der Waals surface area contributed by atoms with E-state index in [1.807, 2.05) is 0 Å². The van der Waals surface area contributed by atoms with E-state index in [4.69, 9.17) is 14.2 Å². The molecule has 1 unspecified atom stereocenters. The molecule has 0 radical (unpaired) electrons. The third-order valence-electron chi connectivity index (χ3n) is 4.31. The van der Waals surface area contributed by atoms with Crippen molar-refractivity contribution in [1.82, 2.24) is 0 Å². The van der Waals surface area contributed by atoms with Crippen LogP contribution in [0.3, 0.4) is 0 Å². The molecule has 0 amide bonds. The summed E-state index contributed by atoms with van der Waals surface area (Å²) in [5, 5.41) is 0. The van der Waals surface area contributed by atoms with E-state index in [0.29, 0.717) is 13.2 Å². The van der Waals surface area contributed by atoms with Crippen molar-refractivity contribution in [3.63, 3.8) is 0 Å². The zero-order valence-corrected chi connectivity index (χ0v) is 14.8. The summed E-state index contributed by atoms with van der Waals surface area (Å²) in [5.41, 5.74) is 2.54. The molecule has 1 fully saturated rings. The first-order valence-corrected chi connectivity index (χ1v) is 9.27. The van der Waals surface area contributed by atoms with Gasteiger partial charge in [-0.15, -0.1) is 0 Å². The van der Waals surface area contributed by atoms with Gasteiger partial charge in [-0.25, -0.2) is 4.79 Å². The average Bonchev–Trinajstić information content (AvgIpc) is 3.01. The number of ether oxygens (including phenoxy) is 3. The molecule has 1 heterocycles. The van der Waals surface area contributed by atoms with Crippen LogP contribution in [0, 0.1) is 0 Å². The van der Waals surface area contributed by atoms with Crippen LogP contribution in [0.5, 0.6) is 0 Å². The van der Waals surface area contributed by atoms with Crippen LogP contribution in [0.2, 0.25) is 0 Å². The van der Waals surface area contributed by atoms with Crippen molar-refractivity contribution in [2.45, 2.75) is 71.0 Å². The molecule has 0 bridgehead atoms. The normalized spacial score (nSPS) is 16.9. The van der Waals surface area contributed by atoms with E-state index in [0.717, 1.165) is 12.0 Å². The number of aryl methyl sites for hydroxylation is 1. The van der Waals surface area contributed by atoms with E-state index in [1.165, 1.54) is 50.5 Å². The Morgan fingerprint density at radius 1 is 1.00 bits per heavy atom. The summed E-state index contributed by atoms with van der Waals surface area (Å²) in [5.74, 6) is 0. The average molecular weight is 334 g/mol. The monoisotopic (exact) mass is 334 g/mol. The molecular formula is C20H30O4. The number of hydrogen-bond acceptors (Lipinski definition) is 4. The molecule has 2 rings (SSSR count). The summed E-state index contributed by atoms with van der Waals surface area (Å²) in [6.07, 6.45) is 9.71. The molecule has 134 valence electrons. The molecule has 1 atom stereocenters. The molecule has 4 heteroatoms. The maximum Gasteiger partial charge on any atom is 0.508 e. The van der Waals surface area contributed by atoms with E-state index in [2.05, 4.69) is 31.2 Å². The molecule has 0 saturated carbocycles. The van der Waals surface area contributed by atoms with Crippen LogP contribution >= 0.6 is 0 Å². The summed E-state index contributed by atoms with van der Waals surface area (Å²) in [6.45, 7) is 3.46. The van der Waals surface area contributed by atoms with Crippen molar-refractivity contribution in [3.05, 3.63) is 35.4 Å². The number of cyclic esters (lactones) is 2. The predicted molar refractivity (Wildman–Crippen MR) is 94.0 cm³/mol. The minimum atomic E-state index is -0.599. The molecule has 1 saturated heterocycles. The van der Waals surface area contributed by atoms with Gasteiger partial charge in [0.05, 0.1) is 13.2 Å². The van der Waals surface area contributed by atoms with Crippen molar-refractivity contribution < 1.29 is 19.0 Å². The predicted octanol–water partition coefficient (Wildman–Crippen LogP) is 5.03. The van der Waals surface area contributed by atoms with Gasteiger partial charge < -0.3 is 14.2 Å². The molecule has 1 aromatic carbocycles. The van der Waals surface area contributed by atoms with Gasteiger partial charge in [-0.3, -0.25) is 0 Å². The van der Waals surface area contributed by atoms with E-state index in [9.17, 15) is 4.79 Å². The van der Waals surface area contributed by atoms with Gasteiger partial charge in [0.25, 0.3) is 0 Å². The summed E-state index contributed by atoms with van der Waals surface area (Å²) >= 11 is 0.